The van der Waals surface area contributed by atoms with Gasteiger partial charge in [0.15, 0.2) is 12.4 Å². The zero-order valence-corrected chi connectivity index (χ0v) is 25.9. The van der Waals surface area contributed by atoms with Crippen molar-refractivity contribution in [2.75, 3.05) is 19.8 Å². The molecule has 14 heteroatoms. The van der Waals surface area contributed by atoms with Crippen molar-refractivity contribution in [1.82, 2.24) is 0 Å². The second-order valence-corrected chi connectivity index (χ2v) is 12.0. The summed E-state index contributed by atoms with van der Waals surface area (Å²) in [6, 6.07) is 0. The van der Waals surface area contributed by atoms with Crippen LogP contribution in [0, 0.1) is 0 Å². The van der Waals surface area contributed by atoms with Gasteiger partial charge in [0.1, 0.15) is 43.2 Å². The second kappa shape index (κ2) is 20.3. The van der Waals surface area contributed by atoms with Crippen LogP contribution >= 0.6 is 0 Å². The highest BCUT2D eigenvalue weighted by molar-refractivity contribution is 5.69. The predicted octanol–water partition coefficient (Wildman–Crippen LogP) is -0.642. The number of carbonyl (C=O) groups is 1. The first-order valence-corrected chi connectivity index (χ1v) is 16.2. The van der Waals surface area contributed by atoms with Crippen LogP contribution in [-0.2, 0) is 23.7 Å². The van der Waals surface area contributed by atoms with Crippen molar-refractivity contribution >= 4 is 5.97 Å². The SMILES string of the molecule is CCCCCCCCC(O)C(O)CCCCCCCC(=O)O[C@H]1[C@H](O)[C@@H](CO)O[C@@]1(CO)O[C@H]1O[C@H](CO)[C@@H](O)[C@H](O)[C@H]1O. The van der Waals surface area contributed by atoms with Gasteiger partial charge >= 0.3 is 5.97 Å². The highest BCUT2D eigenvalue weighted by Gasteiger charge is 2.60. The quantitative estimate of drug-likeness (QED) is 0.0529. The van der Waals surface area contributed by atoms with Crippen LogP contribution in [0.15, 0.2) is 0 Å². The fraction of sp³-hybridized carbons (Fsp3) is 0.967. The second-order valence-electron chi connectivity index (χ2n) is 12.0. The first-order chi connectivity index (χ1) is 21.0. The van der Waals surface area contributed by atoms with Gasteiger partial charge in [-0.05, 0) is 19.3 Å². The minimum Gasteiger partial charge on any atom is -0.454 e. The van der Waals surface area contributed by atoms with Gasteiger partial charge in [-0.25, -0.2) is 0 Å². The van der Waals surface area contributed by atoms with Crippen molar-refractivity contribution < 1.29 is 69.7 Å². The van der Waals surface area contributed by atoms with E-state index in [-0.39, 0.29) is 6.42 Å². The predicted molar refractivity (Wildman–Crippen MR) is 155 cm³/mol. The van der Waals surface area contributed by atoms with E-state index in [0.29, 0.717) is 25.7 Å². The monoisotopic (exact) mass is 640 g/mol. The van der Waals surface area contributed by atoms with Crippen molar-refractivity contribution in [3.05, 3.63) is 0 Å². The Labute approximate surface area is 259 Å². The number of carbonyl (C=O) groups excluding carboxylic acids is 1. The number of aliphatic hydroxyl groups excluding tert-OH is 9. The number of esters is 1. The first-order valence-electron chi connectivity index (χ1n) is 16.2. The standard InChI is InChI=1S/C30H56O14/c1-2-3-4-5-7-10-13-19(34)20(35)14-11-8-6-9-12-15-23(36)42-28-25(38)22(17-32)43-30(28,18-33)44-29-27(40)26(39)24(37)21(16-31)41-29/h19-22,24-29,31-35,37-40H,2-18H2,1H3/t19?,20?,21-,22-,24-,25-,26+,27-,28+,29-,30+/m1/s1. The molecule has 0 aliphatic carbocycles. The molecule has 2 aliphatic rings. The number of hydrogen-bond donors (Lipinski definition) is 9. The van der Waals surface area contributed by atoms with Gasteiger partial charge in [0.05, 0.1) is 25.4 Å². The van der Waals surface area contributed by atoms with Crippen molar-refractivity contribution in [3.8, 4) is 0 Å². The summed E-state index contributed by atoms with van der Waals surface area (Å²) in [7, 11) is 0. The van der Waals surface area contributed by atoms with Crippen LogP contribution in [0.5, 0.6) is 0 Å². The van der Waals surface area contributed by atoms with Gasteiger partial charge in [-0.1, -0.05) is 71.1 Å². The Morgan fingerprint density at radius 2 is 1.27 bits per heavy atom. The van der Waals surface area contributed by atoms with Gasteiger partial charge in [-0.2, -0.15) is 0 Å². The Balaban J connectivity index is 1.77. The molecule has 44 heavy (non-hydrogen) atoms. The average molecular weight is 641 g/mol. The van der Waals surface area contributed by atoms with E-state index in [1.54, 1.807) is 0 Å². The van der Waals surface area contributed by atoms with E-state index in [4.69, 9.17) is 18.9 Å². The molecule has 2 aliphatic heterocycles. The zero-order chi connectivity index (χ0) is 32.7. The summed E-state index contributed by atoms with van der Waals surface area (Å²) in [5, 5.41) is 90.7. The van der Waals surface area contributed by atoms with Gasteiger partial charge in [-0.3, -0.25) is 4.79 Å². The van der Waals surface area contributed by atoms with Crippen LogP contribution in [0.3, 0.4) is 0 Å². The summed E-state index contributed by atoms with van der Waals surface area (Å²) in [5.74, 6) is -3.03. The third kappa shape index (κ3) is 11.4. The number of unbranched alkanes of at least 4 members (excludes halogenated alkanes) is 9. The molecule has 2 heterocycles. The molecule has 9 N–H and O–H groups in total. The van der Waals surface area contributed by atoms with E-state index in [1.165, 1.54) is 19.3 Å². The third-order valence-corrected chi connectivity index (χ3v) is 8.48. The topological polar surface area (TPSA) is 236 Å². The Bertz CT molecular complexity index is 787. The van der Waals surface area contributed by atoms with E-state index in [9.17, 15) is 50.8 Å². The van der Waals surface area contributed by atoms with Crippen LogP contribution in [-0.4, -0.2) is 139 Å². The van der Waals surface area contributed by atoms with Gasteiger partial charge in [-0.15, -0.1) is 0 Å². The van der Waals surface area contributed by atoms with Crippen LogP contribution < -0.4 is 0 Å². The Kier molecular flexibility index (Phi) is 18.0. The summed E-state index contributed by atoms with van der Waals surface area (Å²) in [6.07, 6.45) is -3.19. The molecular weight excluding hydrogens is 584 g/mol. The molecule has 0 aromatic heterocycles. The summed E-state index contributed by atoms with van der Waals surface area (Å²) in [6.45, 7) is -0.298. The lowest BCUT2D eigenvalue weighted by molar-refractivity contribution is -0.383. The largest absolute Gasteiger partial charge is 0.454 e. The van der Waals surface area contributed by atoms with Crippen LogP contribution in [0.25, 0.3) is 0 Å². The Morgan fingerprint density at radius 3 is 1.82 bits per heavy atom. The average Bonchev–Trinajstić information content (AvgIpc) is 3.28. The molecule has 0 amide bonds. The molecule has 0 radical (unpaired) electrons. The Hall–Kier alpha value is -1.01. The highest BCUT2D eigenvalue weighted by Crippen LogP contribution is 2.38. The summed E-state index contributed by atoms with van der Waals surface area (Å²) >= 11 is 0. The van der Waals surface area contributed by atoms with Crippen molar-refractivity contribution in [3.63, 3.8) is 0 Å². The molecule has 0 saturated carbocycles. The number of hydrogen-bond acceptors (Lipinski definition) is 14. The normalized spacial score (nSPS) is 33.8. The third-order valence-electron chi connectivity index (χ3n) is 8.48. The minimum atomic E-state index is -2.30. The molecule has 2 fully saturated rings. The minimum absolute atomic E-state index is 0.0336. The molecule has 0 spiro atoms. The molecular formula is C30H56O14. The van der Waals surface area contributed by atoms with Gasteiger partial charge in [0.25, 0.3) is 0 Å². The van der Waals surface area contributed by atoms with Crippen LogP contribution in [0.4, 0.5) is 0 Å². The summed E-state index contributed by atoms with van der Waals surface area (Å²) in [4.78, 5) is 12.7. The number of ether oxygens (including phenoxy) is 4. The van der Waals surface area contributed by atoms with E-state index >= 15 is 0 Å². The number of aliphatic hydroxyl groups is 9. The molecule has 0 aromatic carbocycles. The molecule has 11 atom stereocenters. The number of rotatable bonds is 22. The van der Waals surface area contributed by atoms with Gasteiger partial charge in [0.2, 0.25) is 5.79 Å². The van der Waals surface area contributed by atoms with Crippen LogP contribution in [0.2, 0.25) is 0 Å². The van der Waals surface area contributed by atoms with Gasteiger partial charge in [0, 0.05) is 6.42 Å². The molecule has 2 unspecified atom stereocenters. The summed E-state index contributed by atoms with van der Waals surface area (Å²) < 4.78 is 21.8. The maximum Gasteiger partial charge on any atom is 0.306 e. The molecule has 260 valence electrons. The molecule has 2 saturated heterocycles. The van der Waals surface area contributed by atoms with Crippen molar-refractivity contribution in [2.45, 2.75) is 164 Å². The Morgan fingerprint density at radius 1 is 0.727 bits per heavy atom. The molecule has 14 nitrogen and oxygen atoms in total. The maximum absolute atomic E-state index is 12.7. The maximum atomic E-state index is 12.7. The fourth-order valence-corrected chi connectivity index (χ4v) is 5.65. The molecule has 0 aromatic rings. The van der Waals surface area contributed by atoms with E-state index in [1.807, 2.05) is 0 Å². The van der Waals surface area contributed by atoms with E-state index in [2.05, 4.69) is 6.92 Å². The van der Waals surface area contributed by atoms with E-state index < -0.39 is 92.8 Å². The van der Waals surface area contributed by atoms with Gasteiger partial charge < -0.3 is 64.9 Å². The zero-order valence-electron chi connectivity index (χ0n) is 25.9. The van der Waals surface area contributed by atoms with Crippen molar-refractivity contribution in [2.24, 2.45) is 0 Å². The first kappa shape index (κ1) is 39.2. The lowest BCUT2D eigenvalue weighted by atomic mass is 9.99. The highest BCUT2D eigenvalue weighted by atomic mass is 16.8. The lowest BCUT2D eigenvalue weighted by Gasteiger charge is -2.43. The molecule has 2 rings (SSSR count). The molecule has 0 bridgehead atoms. The van der Waals surface area contributed by atoms with Crippen LogP contribution in [0.1, 0.15) is 96.8 Å². The fourth-order valence-electron chi connectivity index (χ4n) is 5.65. The smallest absolute Gasteiger partial charge is 0.306 e. The lowest BCUT2D eigenvalue weighted by Crippen LogP contribution is -2.63. The van der Waals surface area contributed by atoms with E-state index in [0.717, 1.165) is 38.5 Å². The summed E-state index contributed by atoms with van der Waals surface area (Å²) in [5.41, 5.74) is 0. The van der Waals surface area contributed by atoms with Crippen molar-refractivity contribution in [1.29, 1.82) is 0 Å².